The van der Waals surface area contributed by atoms with Crippen LogP contribution in [0.3, 0.4) is 0 Å². The van der Waals surface area contributed by atoms with Gasteiger partial charge >= 0.3 is 0 Å². The Labute approximate surface area is 166 Å². The number of rotatable bonds is 4. The molecule has 0 radical (unpaired) electrons. The highest BCUT2D eigenvalue weighted by atomic mass is 16.5. The molecule has 4 aliphatic carbocycles. The molecule has 9 atom stereocenters. The SMILES string of the molecule is COC[C@]1(O)CC[C@@]2(C)[C@@H](CC[C@@H]3[C@@H]2CC[C@]2(C)[C@@H]([C@H](C)CO)CC[C@@H]32)C1. The van der Waals surface area contributed by atoms with Gasteiger partial charge in [0.15, 0.2) is 0 Å². The molecule has 0 bridgehead atoms. The van der Waals surface area contributed by atoms with Crippen LogP contribution in [-0.4, -0.2) is 36.1 Å². The summed E-state index contributed by atoms with van der Waals surface area (Å²) in [5.41, 5.74) is 0.257. The quantitative estimate of drug-likeness (QED) is 0.748. The van der Waals surface area contributed by atoms with Crippen molar-refractivity contribution in [3.05, 3.63) is 0 Å². The van der Waals surface area contributed by atoms with Gasteiger partial charge < -0.3 is 14.9 Å². The predicted octanol–water partition coefficient (Wildman–Crippen LogP) is 4.65. The van der Waals surface area contributed by atoms with E-state index in [1.54, 1.807) is 7.11 Å². The van der Waals surface area contributed by atoms with E-state index in [0.717, 1.165) is 30.6 Å². The Balaban J connectivity index is 1.54. The summed E-state index contributed by atoms with van der Waals surface area (Å²) < 4.78 is 5.35. The second-order valence-corrected chi connectivity index (χ2v) is 11.4. The summed E-state index contributed by atoms with van der Waals surface area (Å²) in [4.78, 5) is 0. The van der Waals surface area contributed by atoms with Gasteiger partial charge in [0.05, 0.1) is 12.2 Å². The van der Waals surface area contributed by atoms with Crippen molar-refractivity contribution in [2.75, 3.05) is 20.3 Å². The van der Waals surface area contributed by atoms with Gasteiger partial charge in [0.25, 0.3) is 0 Å². The first kappa shape index (κ1) is 20.2. The number of aliphatic hydroxyl groups is 2. The van der Waals surface area contributed by atoms with Crippen molar-refractivity contribution in [1.82, 2.24) is 0 Å². The van der Waals surface area contributed by atoms with Gasteiger partial charge in [0.2, 0.25) is 0 Å². The Hall–Kier alpha value is -0.120. The number of hydrogen-bond donors (Lipinski definition) is 2. The molecule has 0 unspecified atom stereocenters. The van der Waals surface area contributed by atoms with Gasteiger partial charge in [-0.25, -0.2) is 0 Å². The first-order valence-corrected chi connectivity index (χ1v) is 11.6. The second-order valence-electron chi connectivity index (χ2n) is 11.4. The van der Waals surface area contributed by atoms with E-state index in [1.165, 1.54) is 44.9 Å². The van der Waals surface area contributed by atoms with Gasteiger partial charge in [-0.1, -0.05) is 20.8 Å². The zero-order valence-corrected chi connectivity index (χ0v) is 18.0. The maximum Gasteiger partial charge on any atom is 0.0883 e. The van der Waals surface area contributed by atoms with Gasteiger partial charge in [-0.3, -0.25) is 0 Å². The lowest BCUT2D eigenvalue weighted by Crippen LogP contribution is -2.56. The summed E-state index contributed by atoms with van der Waals surface area (Å²) in [5, 5.41) is 20.8. The molecular formula is C24H42O3. The lowest BCUT2D eigenvalue weighted by Gasteiger charge is -2.62. The monoisotopic (exact) mass is 378 g/mol. The number of methoxy groups -OCH3 is 1. The smallest absolute Gasteiger partial charge is 0.0883 e. The number of fused-ring (bicyclic) bond motifs is 5. The van der Waals surface area contributed by atoms with Crippen LogP contribution in [0.1, 0.15) is 78.6 Å². The largest absolute Gasteiger partial charge is 0.396 e. The molecule has 27 heavy (non-hydrogen) atoms. The van der Waals surface area contributed by atoms with E-state index in [0.29, 0.717) is 41.8 Å². The Morgan fingerprint density at radius 1 is 0.963 bits per heavy atom. The van der Waals surface area contributed by atoms with Crippen LogP contribution in [0.25, 0.3) is 0 Å². The van der Waals surface area contributed by atoms with E-state index >= 15 is 0 Å². The number of aliphatic hydroxyl groups excluding tert-OH is 1. The average molecular weight is 379 g/mol. The number of hydrogen-bond acceptors (Lipinski definition) is 3. The van der Waals surface area contributed by atoms with E-state index < -0.39 is 5.60 Å². The van der Waals surface area contributed by atoms with Crippen LogP contribution in [0, 0.1) is 46.3 Å². The molecule has 0 aliphatic heterocycles. The van der Waals surface area contributed by atoms with Crippen LogP contribution < -0.4 is 0 Å². The molecule has 4 fully saturated rings. The van der Waals surface area contributed by atoms with Crippen LogP contribution in [0.4, 0.5) is 0 Å². The Morgan fingerprint density at radius 3 is 2.41 bits per heavy atom. The standard InChI is InChI=1S/C24H42O3/c1-16(14-25)19-7-8-20-18-6-5-17-13-24(26,15-27-4)12-11-22(17,2)21(18)9-10-23(19,20)3/h16-21,25-26H,5-15H2,1-4H3/t16-,17+,18+,19-,20+,21+,22+,23-,24+/m1/s1. The third-order valence-electron chi connectivity index (χ3n) is 10.3. The summed E-state index contributed by atoms with van der Waals surface area (Å²) in [6.07, 6.45) is 11.1. The molecule has 0 aromatic rings. The Bertz CT molecular complexity index is 550. The second kappa shape index (κ2) is 6.99. The predicted molar refractivity (Wildman–Crippen MR) is 108 cm³/mol. The van der Waals surface area contributed by atoms with E-state index in [4.69, 9.17) is 4.74 Å². The summed E-state index contributed by atoms with van der Waals surface area (Å²) in [6, 6.07) is 0. The first-order valence-electron chi connectivity index (χ1n) is 11.6. The molecule has 4 saturated carbocycles. The molecule has 0 aromatic carbocycles. The normalized spacial score (nSPS) is 53.3. The molecule has 4 rings (SSSR count). The van der Waals surface area contributed by atoms with Gasteiger partial charge in [0, 0.05) is 13.7 Å². The maximum absolute atomic E-state index is 11.0. The van der Waals surface area contributed by atoms with E-state index in [9.17, 15) is 10.2 Å². The molecule has 3 heteroatoms. The van der Waals surface area contributed by atoms with Gasteiger partial charge in [-0.15, -0.1) is 0 Å². The first-order chi connectivity index (χ1) is 12.8. The minimum absolute atomic E-state index is 0.346. The Morgan fingerprint density at radius 2 is 1.70 bits per heavy atom. The minimum atomic E-state index is -0.593. The highest BCUT2D eigenvalue weighted by Crippen LogP contribution is 2.68. The third-order valence-corrected chi connectivity index (χ3v) is 10.3. The molecule has 3 nitrogen and oxygen atoms in total. The van der Waals surface area contributed by atoms with E-state index in [2.05, 4.69) is 20.8 Å². The average Bonchev–Trinajstić information content (AvgIpc) is 2.99. The van der Waals surface area contributed by atoms with Crippen molar-refractivity contribution in [2.24, 2.45) is 46.3 Å². The van der Waals surface area contributed by atoms with Crippen molar-refractivity contribution in [1.29, 1.82) is 0 Å². The molecule has 0 aromatic heterocycles. The summed E-state index contributed by atoms with van der Waals surface area (Å²) in [7, 11) is 1.72. The third kappa shape index (κ3) is 3.02. The zero-order valence-electron chi connectivity index (χ0n) is 18.0. The van der Waals surface area contributed by atoms with Crippen LogP contribution in [0.15, 0.2) is 0 Å². The fraction of sp³-hybridized carbons (Fsp3) is 1.00. The van der Waals surface area contributed by atoms with Crippen molar-refractivity contribution in [3.8, 4) is 0 Å². The minimum Gasteiger partial charge on any atom is -0.396 e. The number of ether oxygens (including phenoxy) is 1. The lowest BCUT2D eigenvalue weighted by atomic mass is 9.43. The van der Waals surface area contributed by atoms with Gasteiger partial charge in [0.1, 0.15) is 0 Å². The summed E-state index contributed by atoms with van der Waals surface area (Å²) in [6.45, 7) is 8.23. The highest BCUT2D eigenvalue weighted by Gasteiger charge is 2.61. The van der Waals surface area contributed by atoms with Crippen LogP contribution in [-0.2, 0) is 4.74 Å². The fourth-order valence-corrected chi connectivity index (χ4v) is 8.82. The van der Waals surface area contributed by atoms with Crippen molar-refractivity contribution in [3.63, 3.8) is 0 Å². The van der Waals surface area contributed by atoms with E-state index in [-0.39, 0.29) is 0 Å². The van der Waals surface area contributed by atoms with Crippen LogP contribution in [0.2, 0.25) is 0 Å². The van der Waals surface area contributed by atoms with Crippen molar-refractivity contribution >= 4 is 0 Å². The summed E-state index contributed by atoms with van der Waals surface area (Å²) in [5.74, 6) is 4.37. The van der Waals surface area contributed by atoms with E-state index in [1.807, 2.05) is 0 Å². The summed E-state index contributed by atoms with van der Waals surface area (Å²) >= 11 is 0. The molecule has 156 valence electrons. The van der Waals surface area contributed by atoms with Crippen LogP contribution in [0.5, 0.6) is 0 Å². The molecule has 0 spiro atoms. The molecule has 4 aliphatic rings. The molecule has 0 amide bonds. The van der Waals surface area contributed by atoms with Crippen LogP contribution >= 0.6 is 0 Å². The highest BCUT2D eigenvalue weighted by molar-refractivity contribution is 5.10. The topological polar surface area (TPSA) is 49.7 Å². The molecule has 2 N–H and O–H groups in total. The van der Waals surface area contributed by atoms with Gasteiger partial charge in [-0.2, -0.15) is 0 Å². The molecular weight excluding hydrogens is 336 g/mol. The molecule has 0 heterocycles. The van der Waals surface area contributed by atoms with Crippen molar-refractivity contribution < 1.29 is 14.9 Å². The van der Waals surface area contributed by atoms with Crippen molar-refractivity contribution in [2.45, 2.75) is 84.2 Å². The van der Waals surface area contributed by atoms with Gasteiger partial charge in [-0.05, 0) is 104 Å². The lowest BCUT2D eigenvalue weighted by molar-refractivity contribution is -0.164. The maximum atomic E-state index is 11.0. The zero-order chi connectivity index (χ0) is 19.4. The fourth-order valence-electron chi connectivity index (χ4n) is 8.82. The molecule has 0 saturated heterocycles. The Kier molecular flexibility index (Phi) is 5.22.